The zero-order valence-corrected chi connectivity index (χ0v) is 16.8. The maximum absolute atomic E-state index is 12.3. The summed E-state index contributed by atoms with van der Waals surface area (Å²) in [6, 6.07) is 22.5. The van der Waals surface area contributed by atoms with Crippen molar-refractivity contribution in [1.29, 1.82) is 0 Å². The van der Waals surface area contributed by atoms with E-state index in [0.29, 0.717) is 11.3 Å². The van der Waals surface area contributed by atoms with Gasteiger partial charge in [0.1, 0.15) is 11.5 Å². The number of aryl methyl sites for hydroxylation is 1. The molecule has 0 aliphatic carbocycles. The Labute approximate surface area is 175 Å². The first-order valence-electron chi connectivity index (χ1n) is 9.61. The van der Waals surface area contributed by atoms with Crippen LogP contribution >= 0.6 is 0 Å². The Morgan fingerprint density at radius 3 is 2.20 bits per heavy atom. The van der Waals surface area contributed by atoms with Gasteiger partial charge in [-0.25, -0.2) is 4.79 Å². The van der Waals surface area contributed by atoms with Gasteiger partial charge in [0.25, 0.3) is 0 Å². The van der Waals surface area contributed by atoms with Crippen LogP contribution in [0.3, 0.4) is 0 Å². The van der Waals surface area contributed by atoms with Crippen LogP contribution in [0.25, 0.3) is 11.8 Å². The Bertz CT molecular complexity index is 1140. The lowest BCUT2D eigenvalue weighted by molar-refractivity contribution is 0.0735. The van der Waals surface area contributed by atoms with Gasteiger partial charge in [0, 0.05) is 11.8 Å². The topological polar surface area (TPSA) is 47.9 Å². The molecule has 3 aromatic rings. The Kier molecular flexibility index (Phi) is 5.57. The number of hydrogen-bond acceptors (Lipinski definition) is 4. The number of allylic oxidation sites excluding steroid dienone is 2. The number of esters is 1. The molecule has 0 bridgehead atoms. The van der Waals surface area contributed by atoms with E-state index in [2.05, 4.69) is 11.1 Å². The van der Waals surface area contributed by atoms with E-state index in [0.717, 1.165) is 33.7 Å². The third-order valence-corrected chi connectivity index (χ3v) is 4.75. The minimum atomic E-state index is -0.370. The molecule has 4 rings (SSSR count). The molecule has 30 heavy (non-hydrogen) atoms. The van der Waals surface area contributed by atoms with Gasteiger partial charge in [-0.2, -0.15) is 0 Å². The molecule has 0 fully saturated rings. The number of ether oxygens (including phenoxy) is 2. The van der Waals surface area contributed by atoms with Crippen LogP contribution in [0.4, 0.5) is 0 Å². The number of carbonyl (C=O) groups is 1. The van der Waals surface area contributed by atoms with E-state index in [1.54, 1.807) is 31.4 Å². The minimum absolute atomic E-state index is 0.370. The third-order valence-electron chi connectivity index (χ3n) is 4.75. The summed E-state index contributed by atoms with van der Waals surface area (Å²) >= 11 is 0. The number of methoxy groups -OCH3 is 1. The van der Waals surface area contributed by atoms with Gasteiger partial charge in [0.05, 0.1) is 18.4 Å². The number of rotatable bonds is 5. The van der Waals surface area contributed by atoms with Crippen LogP contribution in [0.15, 0.2) is 89.4 Å². The van der Waals surface area contributed by atoms with E-state index in [9.17, 15) is 4.79 Å². The molecular weight excluding hydrogens is 374 g/mol. The van der Waals surface area contributed by atoms with Gasteiger partial charge in [-0.1, -0.05) is 29.8 Å². The molecule has 148 valence electrons. The second-order valence-corrected chi connectivity index (χ2v) is 6.99. The van der Waals surface area contributed by atoms with Crippen molar-refractivity contribution in [2.45, 2.75) is 6.92 Å². The minimum Gasteiger partial charge on any atom is -0.497 e. The molecule has 0 spiro atoms. The van der Waals surface area contributed by atoms with Crippen LogP contribution in [0, 0.1) is 6.92 Å². The fraction of sp³-hybridized carbons (Fsp3) is 0.0769. The van der Waals surface area contributed by atoms with E-state index in [-0.39, 0.29) is 5.97 Å². The lowest BCUT2D eigenvalue weighted by Crippen LogP contribution is -2.08. The van der Waals surface area contributed by atoms with E-state index in [1.807, 2.05) is 67.7 Å². The first-order valence-corrected chi connectivity index (χ1v) is 9.61. The third kappa shape index (κ3) is 4.55. The summed E-state index contributed by atoms with van der Waals surface area (Å²) in [5.41, 5.74) is 5.55. The summed E-state index contributed by atoms with van der Waals surface area (Å²) in [6.07, 6.45) is 5.93. The average molecular weight is 395 g/mol. The van der Waals surface area contributed by atoms with Crippen LogP contribution in [-0.4, -0.2) is 19.3 Å². The monoisotopic (exact) mass is 395 g/mol. The summed E-state index contributed by atoms with van der Waals surface area (Å²) in [7, 11) is 1.65. The highest BCUT2D eigenvalue weighted by molar-refractivity contribution is 5.99. The molecule has 0 unspecified atom stereocenters. The van der Waals surface area contributed by atoms with Crippen molar-refractivity contribution in [3.05, 3.63) is 107 Å². The van der Waals surface area contributed by atoms with Crippen molar-refractivity contribution in [3.63, 3.8) is 0 Å². The maximum Gasteiger partial charge on any atom is 0.343 e. The quantitative estimate of drug-likeness (QED) is 0.409. The predicted molar refractivity (Wildman–Crippen MR) is 120 cm³/mol. The second kappa shape index (κ2) is 8.62. The standard InChI is InChI=1S/C26H21NO3/c1-18-3-7-22(8-4-18)26(28)30-24-13-9-21(10-14-24)25-16-20(17-27-25)15-19-5-11-23(29-2)12-6-19/h3-17H,1-2H3. The van der Waals surface area contributed by atoms with E-state index < -0.39 is 0 Å². The van der Waals surface area contributed by atoms with E-state index in [4.69, 9.17) is 9.47 Å². The summed E-state index contributed by atoms with van der Waals surface area (Å²) < 4.78 is 10.6. The Balaban J connectivity index is 1.44. The van der Waals surface area contributed by atoms with Gasteiger partial charge in [-0.05, 0) is 78.7 Å². The molecule has 3 aromatic carbocycles. The molecular formula is C26H21NO3. The van der Waals surface area contributed by atoms with Gasteiger partial charge >= 0.3 is 5.97 Å². The largest absolute Gasteiger partial charge is 0.497 e. The molecule has 0 saturated heterocycles. The molecule has 0 amide bonds. The van der Waals surface area contributed by atoms with Gasteiger partial charge in [0.15, 0.2) is 0 Å². The Morgan fingerprint density at radius 2 is 1.53 bits per heavy atom. The summed E-state index contributed by atoms with van der Waals surface area (Å²) in [5, 5.41) is 0. The van der Waals surface area contributed by atoms with Crippen molar-refractivity contribution in [2.75, 3.05) is 7.11 Å². The van der Waals surface area contributed by atoms with E-state index in [1.165, 1.54) is 0 Å². The smallest absolute Gasteiger partial charge is 0.343 e. The van der Waals surface area contributed by atoms with Crippen LogP contribution in [0.5, 0.6) is 11.5 Å². The molecule has 4 heteroatoms. The first-order chi connectivity index (χ1) is 14.6. The number of benzene rings is 3. The Morgan fingerprint density at radius 1 is 0.867 bits per heavy atom. The number of nitrogens with zero attached hydrogens (tertiary/aromatic N) is 1. The second-order valence-electron chi connectivity index (χ2n) is 6.99. The van der Waals surface area contributed by atoms with Gasteiger partial charge < -0.3 is 9.47 Å². The highest BCUT2D eigenvalue weighted by atomic mass is 16.5. The maximum atomic E-state index is 12.3. The van der Waals surface area contributed by atoms with Crippen LogP contribution in [0.1, 0.15) is 27.0 Å². The van der Waals surface area contributed by atoms with Crippen molar-refractivity contribution < 1.29 is 14.3 Å². The lowest BCUT2D eigenvalue weighted by atomic mass is 10.1. The van der Waals surface area contributed by atoms with Crippen molar-refractivity contribution in [3.8, 4) is 11.5 Å². The van der Waals surface area contributed by atoms with Crippen molar-refractivity contribution in [1.82, 2.24) is 0 Å². The fourth-order valence-corrected chi connectivity index (χ4v) is 3.06. The highest BCUT2D eigenvalue weighted by Gasteiger charge is 2.10. The summed E-state index contributed by atoms with van der Waals surface area (Å²) in [4.78, 5) is 16.8. The highest BCUT2D eigenvalue weighted by Crippen LogP contribution is 2.26. The average Bonchev–Trinajstić information content (AvgIpc) is 3.24. The number of carbonyl (C=O) groups excluding carboxylic acids is 1. The molecule has 0 N–H and O–H groups in total. The first kappa shape index (κ1) is 19.4. The molecule has 0 atom stereocenters. The predicted octanol–water partition coefficient (Wildman–Crippen LogP) is 5.73. The van der Waals surface area contributed by atoms with Gasteiger partial charge in [0.2, 0.25) is 0 Å². The molecule has 1 heterocycles. The Hall–Kier alpha value is -3.92. The SMILES string of the molecule is COc1ccc(C=C2C=NC(c3ccc(OC(=O)c4ccc(C)cc4)cc3)=C2)cc1. The van der Waals surface area contributed by atoms with Crippen LogP contribution < -0.4 is 9.47 Å². The van der Waals surface area contributed by atoms with E-state index >= 15 is 0 Å². The van der Waals surface area contributed by atoms with Crippen molar-refractivity contribution >= 4 is 24.0 Å². The number of hydrogen-bond donors (Lipinski definition) is 0. The fourth-order valence-electron chi connectivity index (χ4n) is 3.06. The zero-order chi connectivity index (χ0) is 20.9. The van der Waals surface area contributed by atoms with Gasteiger partial charge in [-0.15, -0.1) is 0 Å². The summed E-state index contributed by atoms with van der Waals surface area (Å²) in [6.45, 7) is 1.98. The lowest BCUT2D eigenvalue weighted by Gasteiger charge is -2.06. The summed E-state index contributed by atoms with van der Waals surface area (Å²) in [5.74, 6) is 0.961. The molecule has 1 aliphatic heterocycles. The molecule has 0 radical (unpaired) electrons. The van der Waals surface area contributed by atoms with Gasteiger partial charge in [-0.3, -0.25) is 4.99 Å². The molecule has 0 saturated carbocycles. The molecule has 4 nitrogen and oxygen atoms in total. The van der Waals surface area contributed by atoms with Crippen molar-refractivity contribution in [2.24, 2.45) is 4.99 Å². The number of aliphatic imine (C=N–C) groups is 1. The molecule has 0 aromatic heterocycles. The van der Waals surface area contributed by atoms with Crippen LogP contribution in [-0.2, 0) is 0 Å². The van der Waals surface area contributed by atoms with Crippen LogP contribution in [0.2, 0.25) is 0 Å². The zero-order valence-electron chi connectivity index (χ0n) is 16.8. The molecule has 1 aliphatic rings. The normalized spacial score (nSPS) is 13.9.